The summed E-state index contributed by atoms with van der Waals surface area (Å²) in [6.07, 6.45) is 7.64. The van der Waals surface area contributed by atoms with Gasteiger partial charge in [0.1, 0.15) is 0 Å². The molecule has 0 N–H and O–H groups in total. The lowest BCUT2D eigenvalue weighted by molar-refractivity contribution is 0.660. The van der Waals surface area contributed by atoms with Gasteiger partial charge in [-0.2, -0.15) is 0 Å². The fraction of sp³-hybridized carbons (Fsp3) is 0.0727. The van der Waals surface area contributed by atoms with Crippen LogP contribution in [0.1, 0.15) is 37.7 Å². The number of nitrogens with zero attached hydrogens (tertiary/aromatic N) is 5. The van der Waals surface area contributed by atoms with Crippen LogP contribution in [0, 0.1) is 0 Å². The summed E-state index contributed by atoms with van der Waals surface area (Å²) in [6, 6.07) is 56.9. The maximum Gasteiger partial charge on any atom is 0.164 e. The summed E-state index contributed by atoms with van der Waals surface area (Å²) in [4.78, 5) is 15.1. The van der Waals surface area contributed by atoms with E-state index in [-0.39, 0.29) is 5.41 Å². The van der Waals surface area contributed by atoms with Crippen molar-refractivity contribution in [2.24, 2.45) is 0 Å². The maximum absolute atomic E-state index is 5.08. The summed E-state index contributed by atoms with van der Waals surface area (Å²) in [5.74, 6) is 1.93. The Morgan fingerprint density at radius 1 is 0.500 bits per heavy atom. The first-order chi connectivity index (χ1) is 29.4. The van der Waals surface area contributed by atoms with E-state index in [1.807, 2.05) is 55.5 Å². The molecule has 0 saturated heterocycles. The van der Waals surface area contributed by atoms with Crippen LogP contribution in [0.15, 0.2) is 189 Å². The van der Waals surface area contributed by atoms with E-state index in [4.69, 9.17) is 15.0 Å². The molecule has 10 aromatic rings. The summed E-state index contributed by atoms with van der Waals surface area (Å²) < 4.78 is 4.85. The van der Waals surface area contributed by atoms with Crippen molar-refractivity contribution in [3.05, 3.63) is 206 Å². The number of allylic oxidation sites excluding steroid dienone is 5. The predicted molar refractivity (Wildman–Crippen MR) is 250 cm³/mol. The van der Waals surface area contributed by atoms with Gasteiger partial charge >= 0.3 is 0 Å². The van der Waals surface area contributed by atoms with Gasteiger partial charge in [0.25, 0.3) is 0 Å². The number of rotatable bonds is 7. The molecule has 5 nitrogen and oxygen atoms in total. The van der Waals surface area contributed by atoms with Gasteiger partial charge in [-0.25, -0.2) is 15.0 Å². The molecular weight excluding hydrogens is 731 g/mol. The molecule has 60 heavy (non-hydrogen) atoms. The lowest BCUT2D eigenvalue weighted by Crippen LogP contribution is -2.15. The van der Waals surface area contributed by atoms with Crippen molar-refractivity contribution in [1.82, 2.24) is 24.1 Å². The highest BCUT2D eigenvalue weighted by Gasteiger charge is 2.36. The Kier molecular flexibility index (Phi) is 8.14. The zero-order valence-corrected chi connectivity index (χ0v) is 33.8. The topological polar surface area (TPSA) is 48.5 Å². The molecule has 0 atom stereocenters. The van der Waals surface area contributed by atoms with Crippen LogP contribution in [0.2, 0.25) is 0 Å². The largest absolute Gasteiger partial charge is 0.309 e. The summed E-state index contributed by atoms with van der Waals surface area (Å²) in [5, 5.41) is 4.93. The lowest BCUT2D eigenvalue weighted by atomic mass is 9.82. The second-order valence-corrected chi connectivity index (χ2v) is 16.2. The molecule has 0 unspecified atom stereocenters. The molecule has 3 heterocycles. The first kappa shape index (κ1) is 35.5. The van der Waals surface area contributed by atoms with Gasteiger partial charge in [-0.05, 0) is 89.3 Å². The highest BCUT2D eigenvalue weighted by atomic mass is 15.0. The molecule has 0 bridgehead atoms. The molecule has 0 amide bonds. The van der Waals surface area contributed by atoms with Gasteiger partial charge < -0.3 is 9.13 Å². The fourth-order valence-corrected chi connectivity index (χ4v) is 9.35. The van der Waals surface area contributed by atoms with Crippen molar-refractivity contribution in [2.75, 3.05) is 0 Å². The smallest absolute Gasteiger partial charge is 0.164 e. The van der Waals surface area contributed by atoms with Gasteiger partial charge in [0.2, 0.25) is 0 Å². The van der Waals surface area contributed by atoms with E-state index in [0.29, 0.717) is 17.5 Å². The van der Waals surface area contributed by atoms with Crippen LogP contribution in [-0.4, -0.2) is 24.1 Å². The van der Waals surface area contributed by atoms with E-state index >= 15 is 0 Å². The highest BCUT2D eigenvalue weighted by molar-refractivity contribution is 6.19. The van der Waals surface area contributed by atoms with Crippen molar-refractivity contribution in [3.8, 4) is 45.3 Å². The Labute approximate surface area is 349 Å². The lowest BCUT2D eigenvalue weighted by Gasteiger charge is -2.21. The van der Waals surface area contributed by atoms with E-state index < -0.39 is 0 Å². The number of fused-ring (bicyclic) bond motifs is 9. The molecule has 0 saturated carbocycles. The van der Waals surface area contributed by atoms with Crippen LogP contribution >= 0.6 is 0 Å². The zero-order chi connectivity index (χ0) is 40.5. The Hall–Kier alpha value is -7.63. The standard InChI is InChI=1S/C55H41N5/c1-5-6-9-18-35(2)52-56-53(36-19-10-7-11-20-36)58-54(57-52)37-27-29-46-42(31-37)43-32-39(28-30-47(43)55(46,3)4)60-49-26-17-15-24-41(49)45-33-50-44(34-51(45)60)40-23-14-16-25-48(40)59(50)38-21-12-8-13-22-38/h5-34H,1H2,2-4H3/b9-6-,35-18+. The Balaban J connectivity index is 1.10. The molecule has 0 fully saturated rings. The van der Waals surface area contributed by atoms with Gasteiger partial charge in [0.05, 0.1) is 22.1 Å². The minimum Gasteiger partial charge on any atom is -0.309 e. The monoisotopic (exact) mass is 771 g/mol. The van der Waals surface area contributed by atoms with E-state index in [2.05, 4.69) is 157 Å². The predicted octanol–water partition coefficient (Wildman–Crippen LogP) is 13.9. The van der Waals surface area contributed by atoms with Gasteiger partial charge in [-0.15, -0.1) is 0 Å². The van der Waals surface area contributed by atoms with E-state index in [9.17, 15) is 0 Å². The van der Waals surface area contributed by atoms with Crippen molar-refractivity contribution >= 4 is 49.2 Å². The second kappa shape index (κ2) is 13.7. The average molecular weight is 772 g/mol. The quantitative estimate of drug-likeness (QED) is 0.152. The molecular formula is C55H41N5. The van der Waals surface area contributed by atoms with Crippen LogP contribution in [-0.2, 0) is 5.41 Å². The van der Waals surface area contributed by atoms with E-state index in [1.54, 1.807) is 6.08 Å². The zero-order valence-electron chi connectivity index (χ0n) is 33.8. The molecule has 0 aliphatic heterocycles. The van der Waals surface area contributed by atoms with Gasteiger partial charge in [-0.1, -0.05) is 148 Å². The maximum atomic E-state index is 5.08. The third-order valence-corrected chi connectivity index (χ3v) is 12.3. The molecule has 7 aromatic carbocycles. The average Bonchev–Trinajstić information content (AvgIpc) is 3.87. The van der Waals surface area contributed by atoms with Crippen molar-refractivity contribution < 1.29 is 0 Å². The molecule has 286 valence electrons. The first-order valence-corrected chi connectivity index (χ1v) is 20.5. The summed E-state index contributed by atoms with van der Waals surface area (Å²) >= 11 is 0. The second-order valence-electron chi connectivity index (χ2n) is 16.2. The number of hydrogen-bond donors (Lipinski definition) is 0. The summed E-state index contributed by atoms with van der Waals surface area (Å²) in [5.41, 5.74) is 14.7. The van der Waals surface area contributed by atoms with Gasteiger partial charge in [0.15, 0.2) is 17.5 Å². The first-order valence-electron chi connectivity index (χ1n) is 20.5. The third-order valence-electron chi connectivity index (χ3n) is 12.3. The number of hydrogen-bond acceptors (Lipinski definition) is 3. The van der Waals surface area contributed by atoms with Gasteiger partial charge in [0, 0.05) is 49.5 Å². The number of benzene rings is 7. The van der Waals surface area contributed by atoms with Crippen LogP contribution < -0.4 is 0 Å². The van der Waals surface area contributed by atoms with Crippen molar-refractivity contribution in [3.63, 3.8) is 0 Å². The fourth-order valence-electron chi connectivity index (χ4n) is 9.35. The Bertz CT molecular complexity index is 3420. The van der Waals surface area contributed by atoms with E-state index in [0.717, 1.165) is 28.1 Å². The summed E-state index contributed by atoms with van der Waals surface area (Å²) in [7, 11) is 0. The molecule has 0 spiro atoms. The van der Waals surface area contributed by atoms with Crippen molar-refractivity contribution in [1.29, 1.82) is 0 Å². The van der Waals surface area contributed by atoms with Gasteiger partial charge in [-0.3, -0.25) is 0 Å². The highest BCUT2D eigenvalue weighted by Crippen LogP contribution is 2.51. The minimum absolute atomic E-state index is 0.190. The van der Waals surface area contributed by atoms with Crippen LogP contribution in [0.4, 0.5) is 0 Å². The summed E-state index contributed by atoms with van der Waals surface area (Å²) in [6.45, 7) is 10.5. The molecule has 5 heteroatoms. The number of aromatic nitrogens is 5. The molecule has 3 aromatic heterocycles. The number of para-hydroxylation sites is 3. The van der Waals surface area contributed by atoms with Crippen LogP contribution in [0.3, 0.4) is 0 Å². The SMILES string of the molecule is C=C/C=C\C=C(/C)c1nc(-c2ccccc2)nc(-c2ccc3c(c2)-c2cc(-n4c5ccccc5c5cc6c(cc54)c4ccccc4n6-c4ccccc4)ccc2C3(C)C)n1. The molecule has 1 aliphatic carbocycles. The van der Waals surface area contributed by atoms with E-state index in [1.165, 1.54) is 65.9 Å². The molecule has 0 radical (unpaired) electrons. The minimum atomic E-state index is -0.190. The Morgan fingerprint density at radius 2 is 1.05 bits per heavy atom. The normalized spacial score (nSPS) is 13.5. The van der Waals surface area contributed by atoms with Crippen molar-refractivity contribution in [2.45, 2.75) is 26.2 Å². The third kappa shape index (κ3) is 5.50. The molecule has 1 aliphatic rings. The molecule has 11 rings (SSSR count). The van der Waals surface area contributed by atoms with Crippen LogP contribution in [0.5, 0.6) is 0 Å². The van der Waals surface area contributed by atoms with Crippen LogP contribution in [0.25, 0.3) is 94.5 Å². The Morgan fingerprint density at radius 3 is 1.70 bits per heavy atom.